The van der Waals surface area contributed by atoms with Crippen LogP contribution in [0.3, 0.4) is 0 Å². The van der Waals surface area contributed by atoms with Crippen LogP contribution in [0, 0.1) is 11.7 Å². The van der Waals surface area contributed by atoms with Crippen LogP contribution < -0.4 is 0 Å². The van der Waals surface area contributed by atoms with Gasteiger partial charge in [-0.3, -0.25) is 4.79 Å². The van der Waals surface area contributed by atoms with Crippen LogP contribution in [0.5, 0.6) is 0 Å². The molecule has 35 heavy (non-hydrogen) atoms. The van der Waals surface area contributed by atoms with Crippen LogP contribution >= 0.6 is 11.8 Å². The van der Waals surface area contributed by atoms with Gasteiger partial charge in [0.15, 0.2) is 6.10 Å². The van der Waals surface area contributed by atoms with Crippen LogP contribution in [-0.2, 0) is 14.3 Å². The van der Waals surface area contributed by atoms with E-state index in [2.05, 4.69) is 0 Å². The molecule has 0 radical (unpaired) electrons. The highest BCUT2D eigenvalue weighted by Gasteiger charge is 2.66. The Kier molecular flexibility index (Phi) is 6.15. The second-order valence-electron chi connectivity index (χ2n) is 9.39. The van der Waals surface area contributed by atoms with Crippen molar-refractivity contribution in [3.63, 3.8) is 0 Å². The number of hydrogen-bond acceptors (Lipinski definition) is 5. The molecule has 180 valence electrons. The number of nitrogens with zero attached hydrogens (tertiary/aromatic N) is 1. The molecule has 3 aromatic rings. The maximum atomic E-state index is 14.3. The van der Waals surface area contributed by atoms with Crippen molar-refractivity contribution in [1.29, 1.82) is 0 Å². The van der Waals surface area contributed by atoms with E-state index in [-0.39, 0.29) is 11.5 Å². The number of carbonyl (C=O) groups excluding carboxylic acids is 2. The van der Waals surface area contributed by atoms with E-state index in [1.165, 1.54) is 34.9 Å². The van der Waals surface area contributed by atoms with Crippen molar-refractivity contribution >= 4 is 23.6 Å². The van der Waals surface area contributed by atoms with Crippen LogP contribution in [-0.4, -0.2) is 38.0 Å². The van der Waals surface area contributed by atoms with E-state index in [1.54, 1.807) is 6.07 Å². The Hall–Kier alpha value is -3.16. The number of esters is 1. The molecular weight excluding hydrogens is 465 g/mol. The molecule has 1 unspecified atom stereocenters. The largest absolute Gasteiger partial charge is 0.451 e. The standard InChI is InChI=1S/C28H26FNO4S/c1-28(2)24(27(33)34-23(17-11-5-3-6-12-17)18-13-7-4-8-14-18)30-25(32)21(26(30)35-28)22(31)19-15-9-10-16-20(19)29/h3-16,21-24,26,31H,1-2H3/t21-,22?,24-,26+/m0/s1. The van der Waals surface area contributed by atoms with Gasteiger partial charge >= 0.3 is 5.97 Å². The number of amides is 1. The highest BCUT2D eigenvalue weighted by atomic mass is 32.2. The van der Waals surface area contributed by atoms with Crippen molar-refractivity contribution in [2.75, 3.05) is 0 Å². The second kappa shape index (κ2) is 9.13. The zero-order chi connectivity index (χ0) is 24.7. The van der Waals surface area contributed by atoms with Gasteiger partial charge < -0.3 is 14.7 Å². The first-order chi connectivity index (χ1) is 16.8. The molecule has 5 nitrogen and oxygen atoms in total. The lowest BCUT2D eigenvalue weighted by Gasteiger charge is -2.46. The number of β-lactam (4-membered cyclic amide) rings is 1. The van der Waals surface area contributed by atoms with Crippen molar-refractivity contribution in [3.8, 4) is 0 Å². The van der Waals surface area contributed by atoms with Crippen molar-refractivity contribution in [3.05, 3.63) is 107 Å². The zero-order valence-corrected chi connectivity index (χ0v) is 20.2. The number of carbonyl (C=O) groups is 2. The molecule has 0 spiro atoms. The van der Waals surface area contributed by atoms with Gasteiger partial charge in [0.1, 0.15) is 11.9 Å². The smallest absolute Gasteiger partial charge is 0.331 e. The molecule has 0 bridgehead atoms. The first kappa shape index (κ1) is 23.6. The molecular formula is C28H26FNO4S. The quantitative estimate of drug-likeness (QED) is 0.394. The molecule has 2 heterocycles. The lowest BCUT2D eigenvalue weighted by molar-refractivity contribution is -0.173. The summed E-state index contributed by atoms with van der Waals surface area (Å²) in [6.45, 7) is 3.78. The molecule has 2 fully saturated rings. The average Bonchev–Trinajstić information content (AvgIpc) is 3.10. The molecule has 0 saturated carbocycles. The van der Waals surface area contributed by atoms with Crippen LogP contribution in [0.2, 0.25) is 0 Å². The van der Waals surface area contributed by atoms with E-state index < -0.39 is 46.1 Å². The third-order valence-corrected chi connectivity index (χ3v) is 8.30. The molecule has 7 heteroatoms. The summed E-state index contributed by atoms with van der Waals surface area (Å²) in [5.41, 5.74) is 1.74. The number of ether oxygens (including phenoxy) is 1. The second-order valence-corrected chi connectivity index (χ2v) is 11.2. The predicted molar refractivity (Wildman–Crippen MR) is 132 cm³/mol. The van der Waals surface area contributed by atoms with Crippen molar-refractivity contribution in [1.82, 2.24) is 4.90 Å². The SMILES string of the molecule is CC1(C)S[C@@H]2[C@@H](C(O)c3ccccc3F)C(=O)N2[C@H]1C(=O)OC(c1ccccc1)c1ccccc1. The van der Waals surface area contributed by atoms with Crippen molar-refractivity contribution in [2.24, 2.45) is 5.92 Å². The van der Waals surface area contributed by atoms with Crippen molar-refractivity contribution < 1.29 is 23.8 Å². The average molecular weight is 492 g/mol. The summed E-state index contributed by atoms with van der Waals surface area (Å²) < 4.78 is 19.7. The highest BCUT2D eigenvalue weighted by molar-refractivity contribution is 8.01. The van der Waals surface area contributed by atoms with Gasteiger partial charge in [-0.05, 0) is 31.0 Å². The third kappa shape index (κ3) is 4.13. The minimum absolute atomic E-state index is 0.0863. The van der Waals surface area contributed by atoms with Gasteiger partial charge in [-0.1, -0.05) is 78.9 Å². The molecule has 2 aliphatic rings. The Morgan fingerprint density at radius 3 is 2.09 bits per heavy atom. The van der Waals surface area contributed by atoms with Gasteiger partial charge in [0.05, 0.1) is 17.4 Å². The van der Waals surface area contributed by atoms with Crippen molar-refractivity contribution in [2.45, 2.75) is 42.2 Å². The van der Waals surface area contributed by atoms with E-state index in [4.69, 9.17) is 4.74 Å². The fraction of sp³-hybridized carbons (Fsp3) is 0.286. The topological polar surface area (TPSA) is 66.8 Å². The molecule has 4 atom stereocenters. The fourth-order valence-electron chi connectivity index (χ4n) is 4.99. The summed E-state index contributed by atoms with van der Waals surface area (Å²) in [6.07, 6.45) is -1.91. The van der Waals surface area contributed by atoms with Gasteiger partial charge in [-0.15, -0.1) is 11.8 Å². The summed E-state index contributed by atoms with van der Waals surface area (Å²) in [6, 6.07) is 24.0. The molecule has 5 rings (SSSR count). The summed E-state index contributed by atoms with van der Waals surface area (Å²) in [4.78, 5) is 28.3. The number of fused-ring (bicyclic) bond motifs is 1. The lowest BCUT2D eigenvalue weighted by Crippen LogP contribution is -2.64. The maximum Gasteiger partial charge on any atom is 0.331 e. The van der Waals surface area contributed by atoms with Crippen LogP contribution in [0.1, 0.15) is 42.7 Å². The minimum Gasteiger partial charge on any atom is -0.451 e. The van der Waals surface area contributed by atoms with Gasteiger partial charge in [0.2, 0.25) is 5.91 Å². The van der Waals surface area contributed by atoms with Gasteiger partial charge in [0.25, 0.3) is 0 Å². The molecule has 3 aromatic carbocycles. The minimum atomic E-state index is -1.29. The number of halogens is 1. The number of thioether (sulfide) groups is 1. The molecule has 1 N–H and O–H groups in total. The lowest BCUT2D eigenvalue weighted by atomic mass is 9.85. The summed E-state index contributed by atoms with van der Waals surface area (Å²) >= 11 is 1.44. The molecule has 2 saturated heterocycles. The predicted octanol–water partition coefficient (Wildman–Crippen LogP) is 4.87. The first-order valence-electron chi connectivity index (χ1n) is 11.5. The Balaban J connectivity index is 1.40. The van der Waals surface area contributed by atoms with Crippen LogP contribution in [0.4, 0.5) is 4.39 Å². The number of rotatable bonds is 6. The van der Waals surface area contributed by atoms with Crippen LogP contribution in [0.25, 0.3) is 0 Å². The number of aliphatic hydroxyl groups is 1. The van der Waals surface area contributed by atoms with Gasteiger partial charge in [-0.25, -0.2) is 9.18 Å². The van der Waals surface area contributed by atoms with E-state index in [9.17, 15) is 19.1 Å². The maximum absolute atomic E-state index is 14.3. The summed E-state index contributed by atoms with van der Waals surface area (Å²) in [5, 5.41) is 10.4. The Morgan fingerprint density at radius 2 is 1.51 bits per heavy atom. The monoisotopic (exact) mass is 491 g/mol. The fourth-order valence-corrected chi connectivity index (χ4v) is 6.70. The number of aliphatic hydroxyl groups excluding tert-OH is 1. The van der Waals surface area contributed by atoms with E-state index in [0.29, 0.717) is 0 Å². The normalized spacial score (nSPS) is 23.5. The Labute approximate surface area is 207 Å². The Bertz CT molecular complexity index is 1200. The molecule has 0 aromatic heterocycles. The van der Waals surface area contributed by atoms with Gasteiger partial charge in [0, 0.05) is 10.3 Å². The van der Waals surface area contributed by atoms with Crippen LogP contribution in [0.15, 0.2) is 84.9 Å². The molecule has 0 aliphatic carbocycles. The molecule has 1 amide bonds. The first-order valence-corrected chi connectivity index (χ1v) is 12.4. The van der Waals surface area contributed by atoms with Gasteiger partial charge in [-0.2, -0.15) is 0 Å². The molecule has 2 aliphatic heterocycles. The van der Waals surface area contributed by atoms with E-state index in [1.807, 2.05) is 74.5 Å². The van der Waals surface area contributed by atoms with E-state index >= 15 is 0 Å². The Morgan fingerprint density at radius 1 is 0.971 bits per heavy atom. The summed E-state index contributed by atoms with van der Waals surface area (Å²) in [7, 11) is 0. The number of hydrogen-bond donors (Lipinski definition) is 1. The number of benzene rings is 3. The zero-order valence-electron chi connectivity index (χ0n) is 19.4. The third-order valence-electron chi connectivity index (χ3n) is 6.71. The van der Waals surface area contributed by atoms with E-state index in [0.717, 1.165) is 11.1 Å². The highest BCUT2D eigenvalue weighted by Crippen LogP contribution is 2.56. The summed E-state index contributed by atoms with van der Waals surface area (Å²) in [5.74, 6) is -2.26.